The van der Waals surface area contributed by atoms with E-state index in [0.29, 0.717) is 12.3 Å². The summed E-state index contributed by atoms with van der Waals surface area (Å²) in [6.45, 7) is 7.13. The van der Waals surface area contributed by atoms with Gasteiger partial charge >= 0.3 is 5.97 Å². The molecule has 1 unspecified atom stereocenters. The molecule has 11 nitrogen and oxygen atoms in total. The van der Waals surface area contributed by atoms with Gasteiger partial charge in [-0.2, -0.15) is 0 Å². The molecule has 2 amide bonds. The van der Waals surface area contributed by atoms with Crippen LogP contribution in [0, 0.1) is 0 Å². The van der Waals surface area contributed by atoms with E-state index in [2.05, 4.69) is 22.0 Å². The number of carboxylic acid groups (broad SMARTS) is 1. The molecule has 2 atom stereocenters. The maximum atomic E-state index is 13.0. The van der Waals surface area contributed by atoms with E-state index in [9.17, 15) is 19.5 Å². The van der Waals surface area contributed by atoms with Crippen LogP contribution in [0.2, 0.25) is 0 Å². The molecule has 4 N–H and O–H groups in total. The predicted octanol–water partition coefficient (Wildman–Crippen LogP) is 0.611. The Hall–Kier alpha value is -2.90. The number of quaternary nitrogens is 1. The van der Waals surface area contributed by atoms with Gasteiger partial charge in [-0.1, -0.05) is 11.7 Å². The number of anilines is 1. The third-order valence-corrected chi connectivity index (χ3v) is 8.27. The Labute approximate surface area is 204 Å². The number of nitrogens with zero attached hydrogens (tertiary/aromatic N) is 4. The van der Waals surface area contributed by atoms with E-state index < -0.39 is 29.2 Å². The minimum atomic E-state index is -1.13. The first-order valence-corrected chi connectivity index (χ1v) is 12.7. The lowest BCUT2D eigenvalue weighted by Gasteiger charge is -2.50. The zero-order chi connectivity index (χ0) is 24.5. The van der Waals surface area contributed by atoms with Gasteiger partial charge in [-0.3, -0.25) is 14.5 Å². The van der Waals surface area contributed by atoms with Crippen LogP contribution in [-0.2, 0) is 19.2 Å². The number of carbonyl (C=O) groups excluding carboxylic acids is 2. The Kier molecular flexibility index (Phi) is 6.96. The molecule has 0 spiro atoms. The maximum Gasteiger partial charge on any atom is 0.352 e. The van der Waals surface area contributed by atoms with Crippen molar-refractivity contribution < 1.29 is 28.8 Å². The molecule has 0 aliphatic carbocycles. The zero-order valence-electron chi connectivity index (χ0n) is 18.7. The highest BCUT2D eigenvalue weighted by Gasteiger charge is 2.55. The molecule has 1 aromatic rings. The van der Waals surface area contributed by atoms with Gasteiger partial charge in [0.05, 0.1) is 19.6 Å². The summed E-state index contributed by atoms with van der Waals surface area (Å²) in [6.07, 6.45) is 4.05. The molecule has 182 valence electrons. The van der Waals surface area contributed by atoms with E-state index in [1.54, 1.807) is 5.38 Å². The lowest BCUT2D eigenvalue weighted by Crippen LogP contribution is -2.71. The van der Waals surface area contributed by atoms with Crippen LogP contribution in [0.25, 0.3) is 0 Å². The van der Waals surface area contributed by atoms with Gasteiger partial charge in [0.15, 0.2) is 10.8 Å². The molecule has 0 aromatic carbocycles. The Balaban J connectivity index is 1.53. The second kappa shape index (κ2) is 9.76. The van der Waals surface area contributed by atoms with Crippen molar-refractivity contribution in [1.82, 2.24) is 15.2 Å². The molecule has 3 aliphatic heterocycles. The molecule has 2 saturated heterocycles. The molecule has 2 fully saturated rings. The number of fused-ring (bicyclic) bond motifs is 1. The molecule has 0 bridgehead atoms. The minimum absolute atomic E-state index is 0.0331. The average molecular weight is 508 g/mol. The number of hydrogen-bond donors (Lipinski definition) is 3. The molecule has 34 heavy (non-hydrogen) atoms. The number of carbonyl (C=O) groups is 3. The van der Waals surface area contributed by atoms with Crippen molar-refractivity contribution >= 4 is 51.7 Å². The van der Waals surface area contributed by atoms with Gasteiger partial charge in [0.1, 0.15) is 36.5 Å². The quantitative estimate of drug-likeness (QED) is 0.145. The Bertz CT molecular complexity index is 1080. The van der Waals surface area contributed by atoms with Crippen molar-refractivity contribution in [3.05, 3.63) is 35.0 Å². The van der Waals surface area contributed by atoms with Gasteiger partial charge in [-0.15, -0.1) is 23.1 Å². The van der Waals surface area contributed by atoms with Crippen molar-refractivity contribution in [3.63, 3.8) is 0 Å². The summed E-state index contributed by atoms with van der Waals surface area (Å²) in [5.74, 6) is -1.77. The topological polar surface area (TPSA) is 147 Å². The van der Waals surface area contributed by atoms with E-state index in [1.807, 2.05) is 6.08 Å². The second-order valence-electron chi connectivity index (χ2n) is 8.44. The summed E-state index contributed by atoms with van der Waals surface area (Å²) in [5.41, 5.74) is 6.56. The fourth-order valence-corrected chi connectivity index (χ4v) is 6.68. The summed E-state index contributed by atoms with van der Waals surface area (Å²) < 4.78 is 0.761. The van der Waals surface area contributed by atoms with E-state index in [0.717, 1.165) is 53.9 Å². The normalized spacial score (nSPS) is 23.9. The van der Waals surface area contributed by atoms with Gasteiger partial charge in [0, 0.05) is 29.5 Å². The first-order valence-electron chi connectivity index (χ1n) is 10.8. The van der Waals surface area contributed by atoms with Gasteiger partial charge in [-0.05, 0) is 6.08 Å². The van der Waals surface area contributed by atoms with Crippen molar-refractivity contribution in [2.75, 3.05) is 44.8 Å². The average Bonchev–Trinajstić information content (AvgIpc) is 3.44. The number of thioether (sulfide) groups is 1. The summed E-state index contributed by atoms with van der Waals surface area (Å²) in [4.78, 5) is 48.2. The highest BCUT2D eigenvalue weighted by atomic mass is 32.2. The lowest BCUT2D eigenvalue weighted by atomic mass is 10.0. The summed E-state index contributed by atoms with van der Waals surface area (Å²) in [5, 5.41) is 17.7. The molecule has 13 heteroatoms. The fourth-order valence-electron chi connectivity index (χ4n) is 4.80. The highest BCUT2D eigenvalue weighted by Crippen LogP contribution is 2.41. The van der Waals surface area contributed by atoms with Crippen LogP contribution in [-0.4, -0.2) is 93.4 Å². The van der Waals surface area contributed by atoms with Crippen LogP contribution in [0.1, 0.15) is 18.5 Å². The Morgan fingerprint density at radius 2 is 2.21 bits per heavy atom. The van der Waals surface area contributed by atoms with Gasteiger partial charge < -0.3 is 25.5 Å². The van der Waals surface area contributed by atoms with Crippen molar-refractivity contribution in [2.45, 2.75) is 24.3 Å². The molecule has 4 heterocycles. The Morgan fingerprint density at radius 3 is 2.79 bits per heavy atom. The second-order valence-corrected chi connectivity index (χ2v) is 10.4. The lowest BCUT2D eigenvalue weighted by molar-refractivity contribution is -0.906. The number of likely N-dealkylation sites (tertiary alicyclic amines) is 1. The SMILES string of the molecule is C=CC[N+]1(CC2=C(C(=O)O)N3C(=O)C(NC(=O)/C(=N\OC)c4csc(N)n4)[C@H]3SC2)CCCC1. The third kappa shape index (κ3) is 4.42. The number of thiazole rings is 1. The molecule has 4 rings (SSSR count). The number of oxime groups is 1. The number of nitrogens with one attached hydrogen (secondary N) is 1. The van der Waals surface area contributed by atoms with E-state index in [4.69, 9.17) is 10.6 Å². The summed E-state index contributed by atoms with van der Waals surface area (Å²) >= 11 is 2.59. The van der Waals surface area contributed by atoms with E-state index >= 15 is 0 Å². The monoisotopic (exact) mass is 507 g/mol. The number of nitrogen functional groups attached to an aromatic ring is 1. The number of carboxylic acids is 1. The Morgan fingerprint density at radius 1 is 1.47 bits per heavy atom. The molecular formula is C21H27N6O5S2+. The fraction of sp³-hybridized carbons (Fsp3) is 0.476. The summed E-state index contributed by atoms with van der Waals surface area (Å²) in [7, 11) is 1.30. The van der Waals surface area contributed by atoms with Crippen LogP contribution in [0.4, 0.5) is 5.13 Å². The third-order valence-electron chi connectivity index (χ3n) is 6.26. The number of hydrogen-bond acceptors (Lipinski definition) is 9. The van der Waals surface area contributed by atoms with Gasteiger partial charge in [0.25, 0.3) is 11.8 Å². The predicted molar refractivity (Wildman–Crippen MR) is 129 cm³/mol. The maximum absolute atomic E-state index is 13.0. The van der Waals surface area contributed by atoms with Crippen molar-refractivity contribution in [2.24, 2.45) is 5.16 Å². The van der Waals surface area contributed by atoms with E-state index in [1.165, 1.54) is 23.8 Å². The minimum Gasteiger partial charge on any atom is -0.477 e. The number of amides is 2. The number of nitrogens with two attached hydrogens (primary N) is 1. The van der Waals surface area contributed by atoms with Gasteiger partial charge in [-0.25, -0.2) is 9.78 Å². The first-order chi connectivity index (χ1) is 16.3. The van der Waals surface area contributed by atoms with E-state index in [-0.39, 0.29) is 22.2 Å². The van der Waals surface area contributed by atoms with Crippen molar-refractivity contribution in [3.8, 4) is 0 Å². The van der Waals surface area contributed by atoms with Crippen LogP contribution >= 0.6 is 23.1 Å². The molecule has 0 saturated carbocycles. The number of rotatable bonds is 9. The summed E-state index contributed by atoms with van der Waals surface area (Å²) in [6, 6.07) is -0.880. The molecule has 3 aliphatic rings. The van der Waals surface area contributed by atoms with Gasteiger partial charge in [0.2, 0.25) is 0 Å². The number of aromatic nitrogens is 1. The first kappa shape index (κ1) is 24.2. The molecular weight excluding hydrogens is 480 g/mol. The smallest absolute Gasteiger partial charge is 0.352 e. The highest BCUT2D eigenvalue weighted by molar-refractivity contribution is 8.00. The number of β-lactam (4-membered cyclic amide) rings is 1. The van der Waals surface area contributed by atoms with Crippen LogP contribution in [0.15, 0.2) is 34.5 Å². The standard InChI is InChI=1S/C21H26N6O5S2/c1-3-6-27(7-4-5-8-27)9-12-10-33-19-15(18(29)26(19)16(12)20(30)31)24-17(28)14(25-32-2)13-11-34-21(22)23-13/h3,11,15,19H,1,4-10H2,2H3,(H3-,22,23,24,28,30,31)/p+1/b25-14-/t15?,19-/m1/s1. The van der Waals surface area contributed by atoms with Crippen LogP contribution < -0.4 is 11.1 Å². The van der Waals surface area contributed by atoms with Crippen LogP contribution in [0.3, 0.4) is 0 Å². The van der Waals surface area contributed by atoms with Crippen LogP contribution in [0.5, 0.6) is 0 Å². The largest absolute Gasteiger partial charge is 0.477 e. The zero-order valence-corrected chi connectivity index (χ0v) is 20.4. The van der Waals surface area contributed by atoms with Crippen molar-refractivity contribution in [1.29, 1.82) is 0 Å². The molecule has 0 radical (unpaired) electrons. The number of aliphatic carboxylic acids is 1. The molecule has 1 aromatic heterocycles.